The van der Waals surface area contributed by atoms with Crippen molar-refractivity contribution in [1.82, 2.24) is 4.90 Å². The first kappa shape index (κ1) is 16.0. The number of hydrogen-bond donors (Lipinski definition) is 2. The van der Waals surface area contributed by atoms with Crippen LogP contribution in [0.5, 0.6) is 5.75 Å². The van der Waals surface area contributed by atoms with Gasteiger partial charge in [-0.15, -0.1) is 0 Å². The first-order chi connectivity index (χ1) is 9.47. The van der Waals surface area contributed by atoms with E-state index in [4.69, 9.17) is 4.74 Å². The van der Waals surface area contributed by atoms with Crippen LogP contribution in [0.1, 0.15) is 5.56 Å². The second-order valence-corrected chi connectivity index (χ2v) is 4.77. The molecule has 0 bridgehead atoms. The molecule has 0 aliphatic rings. The van der Waals surface area contributed by atoms with Crippen molar-refractivity contribution in [2.45, 2.75) is 6.92 Å². The van der Waals surface area contributed by atoms with Gasteiger partial charge in [0.2, 0.25) is 5.91 Å². The van der Waals surface area contributed by atoms with E-state index in [2.05, 4.69) is 10.6 Å². The molecular weight excluding hydrogens is 254 g/mol. The van der Waals surface area contributed by atoms with Gasteiger partial charge < -0.3 is 20.3 Å². The van der Waals surface area contributed by atoms with Crippen molar-refractivity contribution >= 4 is 17.3 Å². The molecule has 1 aromatic carbocycles. The maximum absolute atomic E-state index is 11.8. The number of hydrogen-bond acceptors (Lipinski definition) is 4. The number of anilines is 2. The van der Waals surface area contributed by atoms with E-state index in [9.17, 15) is 4.79 Å². The van der Waals surface area contributed by atoms with Gasteiger partial charge in [-0.05, 0) is 38.7 Å². The number of nitrogens with zero attached hydrogens (tertiary/aromatic N) is 1. The van der Waals surface area contributed by atoms with Crippen LogP contribution in [-0.4, -0.2) is 45.6 Å². The maximum Gasteiger partial charge on any atom is 0.248 e. The summed E-state index contributed by atoms with van der Waals surface area (Å²) in [5, 5.41) is 5.91. The van der Waals surface area contributed by atoms with Gasteiger partial charge in [0.25, 0.3) is 0 Å². The van der Waals surface area contributed by atoms with Crippen molar-refractivity contribution in [3.05, 3.63) is 29.8 Å². The Morgan fingerprint density at radius 1 is 1.35 bits per heavy atom. The summed E-state index contributed by atoms with van der Waals surface area (Å²) in [5.41, 5.74) is 2.57. The van der Waals surface area contributed by atoms with Gasteiger partial charge >= 0.3 is 0 Å². The number of methoxy groups -OCH3 is 1. The number of benzene rings is 1. The van der Waals surface area contributed by atoms with Crippen LogP contribution in [0, 0.1) is 6.92 Å². The van der Waals surface area contributed by atoms with Crippen LogP contribution >= 0.6 is 0 Å². The summed E-state index contributed by atoms with van der Waals surface area (Å²) < 4.78 is 5.27. The summed E-state index contributed by atoms with van der Waals surface area (Å²) in [6.07, 6.45) is 3.37. The third kappa shape index (κ3) is 4.59. The number of carbonyl (C=O) groups is 1. The summed E-state index contributed by atoms with van der Waals surface area (Å²) in [7, 11) is 7.34. The Hall–Kier alpha value is -2.01. The highest BCUT2D eigenvalue weighted by molar-refractivity contribution is 6.00. The third-order valence-corrected chi connectivity index (χ3v) is 2.81. The van der Waals surface area contributed by atoms with Crippen LogP contribution in [0.4, 0.5) is 11.4 Å². The molecule has 0 atom stereocenters. The fourth-order valence-corrected chi connectivity index (χ4v) is 1.73. The van der Waals surface area contributed by atoms with E-state index in [1.54, 1.807) is 13.2 Å². The van der Waals surface area contributed by atoms with Crippen molar-refractivity contribution in [2.75, 3.05) is 45.4 Å². The largest absolute Gasteiger partial charge is 0.495 e. The number of ether oxygens (including phenoxy) is 1. The molecule has 1 amide bonds. The van der Waals surface area contributed by atoms with Gasteiger partial charge in [-0.2, -0.15) is 0 Å². The minimum absolute atomic E-state index is 0.137. The summed E-state index contributed by atoms with van der Waals surface area (Å²) in [5.74, 6) is 0.619. The highest BCUT2D eigenvalue weighted by Gasteiger charge is 2.08. The SMILES string of the molecule is CNc1cc(NC(=O)/C=C/CN(C)C)c(C)cc1OC. The molecule has 5 nitrogen and oxygen atoms in total. The van der Waals surface area contributed by atoms with E-state index in [0.717, 1.165) is 29.2 Å². The quantitative estimate of drug-likeness (QED) is 0.782. The van der Waals surface area contributed by atoms with Crippen LogP contribution in [0.3, 0.4) is 0 Å². The van der Waals surface area contributed by atoms with Crippen molar-refractivity contribution < 1.29 is 9.53 Å². The Labute approximate surface area is 120 Å². The van der Waals surface area contributed by atoms with E-state index >= 15 is 0 Å². The molecule has 0 radical (unpaired) electrons. The molecule has 0 heterocycles. The van der Waals surface area contributed by atoms with Gasteiger partial charge in [-0.3, -0.25) is 4.79 Å². The minimum Gasteiger partial charge on any atom is -0.495 e. The lowest BCUT2D eigenvalue weighted by atomic mass is 10.1. The van der Waals surface area contributed by atoms with Crippen molar-refractivity contribution in [1.29, 1.82) is 0 Å². The predicted molar refractivity (Wildman–Crippen MR) is 83.6 cm³/mol. The number of carbonyl (C=O) groups excluding carboxylic acids is 1. The molecule has 110 valence electrons. The van der Waals surface area contributed by atoms with Gasteiger partial charge in [-0.25, -0.2) is 0 Å². The summed E-state index contributed by atoms with van der Waals surface area (Å²) in [6, 6.07) is 3.76. The lowest BCUT2D eigenvalue weighted by molar-refractivity contribution is -0.111. The fraction of sp³-hybridized carbons (Fsp3) is 0.400. The van der Waals surface area contributed by atoms with Crippen LogP contribution in [0.25, 0.3) is 0 Å². The fourth-order valence-electron chi connectivity index (χ4n) is 1.73. The molecule has 20 heavy (non-hydrogen) atoms. The number of amides is 1. The molecule has 0 saturated carbocycles. The van der Waals surface area contributed by atoms with Crippen LogP contribution in [-0.2, 0) is 4.79 Å². The number of likely N-dealkylation sites (N-methyl/N-ethyl adjacent to an activating group) is 1. The smallest absolute Gasteiger partial charge is 0.248 e. The first-order valence-electron chi connectivity index (χ1n) is 6.46. The molecule has 2 N–H and O–H groups in total. The van der Waals surface area contributed by atoms with Gasteiger partial charge in [0.15, 0.2) is 0 Å². The summed E-state index contributed by atoms with van der Waals surface area (Å²) >= 11 is 0. The van der Waals surface area contributed by atoms with E-state index in [0.29, 0.717) is 0 Å². The van der Waals surface area contributed by atoms with Gasteiger partial charge in [0.1, 0.15) is 5.75 Å². The normalized spacial score (nSPS) is 10.9. The molecule has 0 unspecified atom stereocenters. The van der Waals surface area contributed by atoms with Crippen LogP contribution in [0.15, 0.2) is 24.3 Å². The van der Waals surface area contributed by atoms with Crippen molar-refractivity contribution in [3.8, 4) is 5.75 Å². The Kier molecular flexibility index (Phi) is 6.06. The van der Waals surface area contributed by atoms with Crippen LogP contribution < -0.4 is 15.4 Å². The van der Waals surface area contributed by atoms with Crippen molar-refractivity contribution in [3.63, 3.8) is 0 Å². The predicted octanol–water partition coefficient (Wildman–Crippen LogP) is 2.10. The summed E-state index contributed by atoms with van der Waals surface area (Å²) in [6.45, 7) is 2.66. The lowest BCUT2D eigenvalue weighted by Crippen LogP contribution is -2.13. The molecule has 0 aliphatic heterocycles. The van der Waals surface area contributed by atoms with E-state index in [-0.39, 0.29) is 5.91 Å². The molecule has 0 aromatic heterocycles. The average Bonchev–Trinajstić information content (AvgIpc) is 2.40. The first-order valence-corrected chi connectivity index (χ1v) is 6.46. The molecule has 0 fully saturated rings. The number of rotatable bonds is 6. The van der Waals surface area contributed by atoms with E-state index in [1.807, 2.05) is 51.2 Å². The lowest BCUT2D eigenvalue weighted by Gasteiger charge is -2.13. The number of aryl methyl sites for hydroxylation is 1. The van der Waals surface area contributed by atoms with Gasteiger partial charge in [0.05, 0.1) is 12.8 Å². The molecular formula is C15H23N3O2. The monoisotopic (exact) mass is 277 g/mol. The maximum atomic E-state index is 11.8. The number of nitrogens with one attached hydrogen (secondary N) is 2. The molecule has 0 spiro atoms. The van der Waals surface area contributed by atoms with E-state index < -0.39 is 0 Å². The van der Waals surface area contributed by atoms with E-state index in [1.165, 1.54) is 0 Å². The molecule has 1 rings (SSSR count). The molecule has 5 heteroatoms. The Bertz CT molecular complexity index is 496. The zero-order valence-corrected chi connectivity index (χ0v) is 12.8. The second kappa shape index (κ2) is 7.55. The average molecular weight is 277 g/mol. The third-order valence-electron chi connectivity index (χ3n) is 2.81. The van der Waals surface area contributed by atoms with Crippen molar-refractivity contribution in [2.24, 2.45) is 0 Å². The van der Waals surface area contributed by atoms with Gasteiger partial charge in [0, 0.05) is 25.4 Å². The second-order valence-electron chi connectivity index (χ2n) is 4.77. The van der Waals surface area contributed by atoms with Crippen LogP contribution in [0.2, 0.25) is 0 Å². The Balaban J connectivity index is 2.82. The zero-order chi connectivity index (χ0) is 15.1. The molecule has 1 aromatic rings. The highest BCUT2D eigenvalue weighted by Crippen LogP contribution is 2.30. The standard InChI is InChI=1S/C15H23N3O2/c1-11-9-14(20-5)13(16-2)10-12(11)17-15(19)7-6-8-18(3)4/h6-7,9-10,16H,8H2,1-5H3,(H,17,19)/b7-6+. The minimum atomic E-state index is -0.137. The highest BCUT2D eigenvalue weighted by atomic mass is 16.5. The zero-order valence-electron chi connectivity index (χ0n) is 12.8. The Morgan fingerprint density at radius 2 is 2.05 bits per heavy atom. The molecule has 0 aliphatic carbocycles. The Morgan fingerprint density at radius 3 is 2.60 bits per heavy atom. The summed E-state index contributed by atoms with van der Waals surface area (Å²) in [4.78, 5) is 13.8. The topological polar surface area (TPSA) is 53.6 Å². The van der Waals surface area contributed by atoms with Gasteiger partial charge in [-0.1, -0.05) is 6.08 Å². The molecule has 0 saturated heterocycles.